The molecule has 2 N–H and O–H groups in total. The number of hydrogen-bond acceptors (Lipinski definition) is 3. The number of nitrogens with one attached hydrogen (secondary N) is 1. The Morgan fingerprint density at radius 1 is 1.40 bits per heavy atom. The van der Waals surface area contributed by atoms with Gasteiger partial charge in [-0.1, -0.05) is 26.0 Å². The van der Waals surface area contributed by atoms with E-state index in [-0.39, 0.29) is 12.5 Å². The van der Waals surface area contributed by atoms with Gasteiger partial charge in [-0.15, -0.1) is 0 Å². The van der Waals surface area contributed by atoms with Crippen molar-refractivity contribution in [2.24, 2.45) is 5.92 Å². The Kier molecular flexibility index (Phi) is 6.48. The van der Waals surface area contributed by atoms with Crippen molar-refractivity contribution in [3.8, 4) is 6.07 Å². The molecule has 0 heterocycles. The second-order valence-electron chi connectivity index (χ2n) is 5.10. The highest BCUT2D eigenvalue weighted by Gasteiger charge is 2.07. The van der Waals surface area contributed by atoms with E-state index in [1.807, 2.05) is 19.9 Å². The summed E-state index contributed by atoms with van der Waals surface area (Å²) in [6.45, 7) is 4.31. The number of rotatable bonds is 6. The van der Waals surface area contributed by atoms with Gasteiger partial charge in [-0.05, 0) is 36.1 Å². The first-order chi connectivity index (χ1) is 9.51. The Morgan fingerprint density at radius 3 is 2.60 bits per heavy atom. The average molecular weight is 272 g/mol. The Bertz CT molecular complexity index is 498. The lowest BCUT2D eigenvalue weighted by Gasteiger charge is -2.12. The fourth-order valence-electron chi connectivity index (χ4n) is 1.75. The van der Waals surface area contributed by atoms with Crippen LogP contribution >= 0.6 is 0 Å². The number of aliphatic hydroxyl groups excluding tert-OH is 1. The second kappa shape index (κ2) is 8.13. The maximum atomic E-state index is 11.6. The van der Waals surface area contributed by atoms with E-state index in [2.05, 4.69) is 5.32 Å². The molecule has 0 spiro atoms. The van der Waals surface area contributed by atoms with Gasteiger partial charge in [-0.25, -0.2) is 0 Å². The summed E-state index contributed by atoms with van der Waals surface area (Å²) in [6.07, 6.45) is 3.25. The minimum atomic E-state index is -0.512. The number of aliphatic hydroxyl groups is 1. The van der Waals surface area contributed by atoms with Crippen molar-refractivity contribution in [1.29, 1.82) is 5.26 Å². The minimum Gasteiger partial charge on any atom is -0.391 e. The van der Waals surface area contributed by atoms with Gasteiger partial charge in [-0.3, -0.25) is 4.79 Å². The van der Waals surface area contributed by atoms with E-state index in [9.17, 15) is 9.90 Å². The van der Waals surface area contributed by atoms with E-state index in [1.54, 1.807) is 30.3 Å². The van der Waals surface area contributed by atoms with Crippen molar-refractivity contribution < 1.29 is 9.90 Å². The molecule has 0 aliphatic rings. The van der Waals surface area contributed by atoms with Crippen LogP contribution in [0.2, 0.25) is 0 Å². The number of amides is 1. The lowest BCUT2D eigenvalue weighted by Crippen LogP contribution is -2.31. The van der Waals surface area contributed by atoms with E-state index < -0.39 is 6.10 Å². The van der Waals surface area contributed by atoms with Crippen molar-refractivity contribution in [2.75, 3.05) is 6.54 Å². The maximum absolute atomic E-state index is 11.6. The molecule has 20 heavy (non-hydrogen) atoms. The summed E-state index contributed by atoms with van der Waals surface area (Å²) in [5, 5.41) is 21.0. The van der Waals surface area contributed by atoms with E-state index in [4.69, 9.17) is 5.26 Å². The third-order valence-corrected chi connectivity index (χ3v) is 2.72. The van der Waals surface area contributed by atoms with Crippen molar-refractivity contribution in [3.05, 3.63) is 41.5 Å². The van der Waals surface area contributed by atoms with Crippen LogP contribution in [-0.4, -0.2) is 23.7 Å². The van der Waals surface area contributed by atoms with Crippen molar-refractivity contribution in [3.63, 3.8) is 0 Å². The molecule has 1 rings (SSSR count). The molecule has 4 nitrogen and oxygen atoms in total. The Balaban J connectivity index is 2.41. The van der Waals surface area contributed by atoms with Crippen LogP contribution in [0.1, 0.15) is 31.4 Å². The van der Waals surface area contributed by atoms with Crippen LogP contribution in [0.4, 0.5) is 0 Å². The molecule has 0 fully saturated rings. The molecular formula is C16H20N2O2. The summed E-state index contributed by atoms with van der Waals surface area (Å²) in [5.41, 5.74) is 1.44. The second-order valence-corrected chi connectivity index (χ2v) is 5.10. The first-order valence-electron chi connectivity index (χ1n) is 6.65. The molecule has 0 aliphatic carbocycles. The van der Waals surface area contributed by atoms with Gasteiger partial charge >= 0.3 is 0 Å². The molecule has 0 radical (unpaired) electrons. The number of carbonyl (C=O) groups excluding carboxylic acids is 1. The molecule has 0 saturated carbocycles. The van der Waals surface area contributed by atoms with Crippen LogP contribution in [0.15, 0.2) is 30.3 Å². The third-order valence-electron chi connectivity index (χ3n) is 2.72. The van der Waals surface area contributed by atoms with Crippen molar-refractivity contribution in [2.45, 2.75) is 26.4 Å². The van der Waals surface area contributed by atoms with Gasteiger partial charge in [0, 0.05) is 12.6 Å². The summed E-state index contributed by atoms with van der Waals surface area (Å²) in [6, 6.07) is 8.98. The third kappa shape index (κ3) is 6.17. The van der Waals surface area contributed by atoms with E-state index in [0.29, 0.717) is 17.9 Å². The topological polar surface area (TPSA) is 73.1 Å². The van der Waals surface area contributed by atoms with Crippen LogP contribution in [0.5, 0.6) is 0 Å². The standard InChI is InChI=1S/C16H20N2O2/c1-12(2)9-15(19)11-18-16(20)8-7-13-3-5-14(10-17)6-4-13/h3-8,12,15,19H,9,11H2,1-2H3,(H,18,20)/b8-7+. The number of carbonyl (C=O) groups is 1. The van der Waals surface area contributed by atoms with E-state index in [0.717, 1.165) is 5.56 Å². The molecule has 4 heteroatoms. The average Bonchev–Trinajstić information content (AvgIpc) is 2.42. The molecule has 1 aromatic carbocycles. The zero-order valence-corrected chi connectivity index (χ0v) is 11.8. The zero-order valence-electron chi connectivity index (χ0n) is 11.8. The van der Waals surface area contributed by atoms with Gasteiger partial charge in [0.25, 0.3) is 0 Å². The highest BCUT2D eigenvalue weighted by atomic mass is 16.3. The Morgan fingerprint density at radius 2 is 2.05 bits per heavy atom. The number of hydrogen-bond donors (Lipinski definition) is 2. The van der Waals surface area contributed by atoms with E-state index in [1.165, 1.54) is 6.08 Å². The molecular weight excluding hydrogens is 252 g/mol. The Hall–Kier alpha value is -2.12. The summed E-state index contributed by atoms with van der Waals surface area (Å²) in [5.74, 6) is 0.160. The summed E-state index contributed by atoms with van der Waals surface area (Å²) in [7, 11) is 0. The van der Waals surface area contributed by atoms with Crippen LogP contribution in [0.25, 0.3) is 6.08 Å². The molecule has 0 bridgehead atoms. The molecule has 1 unspecified atom stereocenters. The summed E-state index contributed by atoms with van der Waals surface area (Å²) >= 11 is 0. The number of nitriles is 1. The molecule has 0 aromatic heterocycles. The summed E-state index contributed by atoms with van der Waals surface area (Å²) in [4.78, 5) is 11.6. The fourth-order valence-corrected chi connectivity index (χ4v) is 1.75. The number of benzene rings is 1. The molecule has 1 atom stereocenters. The molecule has 1 amide bonds. The van der Waals surface area contributed by atoms with Crippen LogP contribution in [0, 0.1) is 17.2 Å². The number of nitrogens with zero attached hydrogens (tertiary/aromatic N) is 1. The monoisotopic (exact) mass is 272 g/mol. The SMILES string of the molecule is CC(C)CC(O)CNC(=O)/C=C/c1ccc(C#N)cc1. The van der Waals surface area contributed by atoms with E-state index >= 15 is 0 Å². The smallest absolute Gasteiger partial charge is 0.244 e. The van der Waals surface area contributed by atoms with Gasteiger partial charge in [-0.2, -0.15) is 5.26 Å². The van der Waals surface area contributed by atoms with Gasteiger partial charge in [0.1, 0.15) is 0 Å². The molecule has 0 aliphatic heterocycles. The lowest BCUT2D eigenvalue weighted by molar-refractivity contribution is -0.116. The highest BCUT2D eigenvalue weighted by Crippen LogP contribution is 2.05. The van der Waals surface area contributed by atoms with Crippen molar-refractivity contribution >= 4 is 12.0 Å². The zero-order chi connectivity index (χ0) is 15.0. The Labute approximate surface area is 119 Å². The lowest BCUT2D eigenvalue weighted by atomic mass is 10.1. The van der Waals surface area contributed by atoms with Crippen LogP contribution in [-0.2, 0) is 4.79 Å². The predicted molar refractivity (Wildman–Crippen MR) is 78.7 cm³/mol. The molecule has 1 aromatic rings. The van der Waals surface area contributed by atoms with Gasteiger partial charge in [0.05, 0.1) is 17.7 Å². The largest absolute Gasteiger partial charge is 0.391 e. The van der Waals surface area contributed by atoms with Crippen molar-refractivity contribution in [1.82, 2.24) is 5.32 Å². The normalized spacial score (nSPS) is 12.3. The fraction of sp³-hybridized carbons (Fsp3) is 0.375. The maximum Gasteiger partial charge on any atom is 0.244 e. The van der Waals surface area contributed by atoms with Crippen LogP contribution < -0.4 is 5.32 Å². The predicted octanol–water partition coefficient (Wildman–Crippen LogP) is 2.09. The first-order valence-corrected chi connectivity index (χ1v) is 6.65. The first kappa shape index (κ1) is 15.9. The molecule has 0 saturated heterocycles. The highest BCUT2D eigenvalue weighted by molar-refractivity contribution is 5.91. The van der Waals surface area contributed by atoms with Crippen LogP contribution in [0.3, 0.4) is 0 Å². The quantitative estimate of drug-likeness (QED) is 0.779. The molecule has 106 valence electrons. The minimum absolute atomic E-state index is 0.239. The summed E-state index contributed by atoms with van der Waals surface area (Å²) < 4.78 is 0. The van der Waals surface area contributed by atoms with Gasteiger partial charge < -0.3 is 10.4 Å². The van der Waals surface area contributed by atoms with Gasteiger partial charge in [0.2, 0.25) is 5.91 Å². The van der Waals surface area contributed by atoms with Gasteiger partial charge in [0.15, 0.2) is 0 Å².